The molecule has 98 valence electrons. The van der Waals surface area contributed by atoms with Crippen LogP contribution in [0.3, 0.4) is 0 Å². The first-order chi connectivity index (χ1) is 9.20. The average Bonchev–Trinajstić information content (AvgIpc) is 2.43. The van der Waals surface area contributed by atoms with E-state index in [9.17, 15) is 5.11 Å². The molecular weight excluding hydrogens is 310 g/mol. The van der Waals surface area contributed by atoms with Crippen LogP contribution >= 0.6 is 15.9 Å². The SMILES string of the molecule is COc1cc(/C=N/Nc2ccccn2)cc(Br)c1O. The lowest BCUT2D eigenvalue weighted by atomic mass is 10.2. The number of nitrogens with one attached hydrogen (secondary N) is 1. The number of hydrazone groups is 1. The van der Waals surface area contributed by atoms with Gasteiger partial charge < -0.3 is 9.84 Å². The van der Waals surface area contributed by atoms with Gasteiger partial charge in [-0.15, -0.1) is 0 Å². The molecule has 2 rings (SSSR count). The molecule has 0 atom stereocenters. The van der Waals surface area contributed by atoms with Crippen LogP contribution in [0.1, 0.15) is 5.56 Å². The van der Waals surface area contributed by atoms with E-state index in [0.29, 0.717) is 16.0 Å². The Morgan fingerprint density at radius 1 is 1.42 bits per heavy atom. The number of aromatic hydroxyl groups is 1. The number of pyridine rings is 1. The highest BCUT2D eigenvalue weighted by Gasteiger charge is 2.07. The van der Waals surface area contributed by atoms with Crippen molar-refractivity contribution in [3.05, 3.63) is 46.6 Å². The lowest BCUT2D eigenvalue weighted by Gasteiger charge is -2.06. The summed E-state index contributed by atoms with van der Waals surface area (Å²) in [6, 6.07) is 8.93. The number of hydrogen-bond donors (Lipinski definition) is 2. The highest BCUT2D eigenvalue weighted by Crippen LogP contribution is 2.34. The molecule has 0 saturated carbocycles. The van der Waals surface area contributed by atoms with Crippen LogP contribution in [0.2, 0.25) is 0 Å². The first-order valence-corrected chi connectivity index (χ1v) is 6.26. The van der Waals surface area contributed by atoms with Crippen LogP contribution in [-0.2, 0) is 0 Å². The van der Waals surface area contributed by atoms with E-state index in [4.69, 9.17) is 4.74 Å². The molecule has 0 aliphatic rings. The third-order valence-corrected chi connectivity index (χ3v) is 2.93. The predicted molar refractivity (Wildman–Crippen MR) is 77.8 cm³/mol. The molecule has 0 spiro atoms. The molecule has 2 aromatic rings. The Balaban J connectivity index is 2.13. The Morgan fingerprint density at radius 3 is 2.95 bits per heavy atom. The minimum atomic E-state index is 0.0670. The summed E-state index contributed by atoms with van der Waals surface area (Å²) in [6.45, 7) is 0. The minimum absolute atomic E-state index is 0.0670. The van der Waals surface area contributed by atoms with E-state index in [2.05, 4.69) is 31.4 Å². The van der Waals surface area contributed by atoms with Crippen LogP contribution in [0.5, 0.6) is 11.5 Å². The van der Waals surface area contributed by atoms with E-state index < -0.39 is 0 Å². The fourth-order valence-electron chi connectivity index (χ4n) is 1.43. The summed E-state index contributed by atoms with van der Waals surface area (Å²) in [7, 11) is 1.49. The number of nitrogens with zero attached hydrogens (tertiary/aromatic N) is 2. The second-order valence-electron chi connectivity index (χ2n) is 3.64. The summed E-state index contributed by atoms with van der Waals surface area (Å²) in [6.07, 6.45) is 3.29. The highest BCUT2D eigenvalue weighted by atomic mass is 79.9. The summed E-state index contributed by atoms with van der Waals surface area (Å²) in [5, 5.41) is 13.7. The zero-order valence-electron chi connectivity index (χ0n) is 10.2. The zero-order valence-corrected chi connectivity index (χ0v) is 11.8. The van der Waals surface area contributed by atoms with Crippen LogP contribution in [0.4, 0.5) is 5.82 Å². The van der Waals surface area contributed by atoms with Gasteiger partial charge in [0.15, 0.2) is 11.5 Å². The molecule has 0 aliphatic carbocycles. The molecule has 0 amide bonds. The number of phenols is 1. The maximum absolute atomic E-state index is 9.68. The van der Waals surface area contributed by atoms with Gasteiger partial charge in [0.25, 0.3) is 0 Å². The van der Waals surface area contributed by atoms with Crippen molar-refractivity contribution in [1.29, 1.82) is 0 Å². The van der Waals surface area contributed by atoms with Gasteiger partial charge in [-0.25, -0.2) is 4.98 Å². The van der Waals surface area contributed by atoms with Crippen molar-refractivity contribution in [3.8, 4) is 11.5 Å². The van der Waals surface area contributed by atoms with Gasteiger partial charge in [-0.1, -0.05) is 6.07 Å². The monoisotopic (exact) mass is 321 g/mol. The van der Waals surface area contributed by atoms with Crippen molar-refractivity contribution in [3.63, 3.8) is 0 Å². The van der Waals surface area contributed by atoms with E-state index in [1.165, 1.54) is 7.11 Å². The number of phenolic OH excluding ortho intramolecular Hbond substituents is 1. The number of benzene rings is 1. The van der Waals surface area contributed by atoms with Crippen molar-refractivity contribution >= 4 is 28.0 Å². The molecule has 0 fully saturated rings. The summed E-state index contributed by atoms with van der Waals surface area (Å²) >= 11 is 3.25. The van der Waals surface area contributed by atoms with Gasteiger partial charge in [0.05, 0.1) is 17.8 Å². The fourth-order valence-corrected chi connectivity index (χ4v) is 1.89. The quantitative estimate of drug-likeness (QED) is 0.671. The Bertz CT molecular complexity index is 588. The van der Waals surface area contributed by atoms with Gasteiger partial charge in [0.2, 0.25) is 0 Å². The van der Waals surface area contributed by atoms with Gasteiger partial charge in [-0.2, -0.15) is 5.10 Å². The number of ether oxygens (including phenoxy) is 1. The first kappa shape index (κ1) is 13.4. The smallest absolute Gasteiger partial charge is 0.172 e. The van der Waals surface area contributed by atoms with E-state index in [1.54, 1.807) is 24.5 Å². The number of hydrogen-bond acceptors (Lipinski definition) is 5. The van der Waals surface area contributed by atoms with Crippen LogP contribution in [-0.4, -0.2) is 23.4 Å². The first-order valence-electron chi connectivity index (χ1n) is 5.47. The molecule has 2 N–H and O–H groups in total. The third kappa shape index (κ3) is 3.45. The van der Waals surface area contributed by atoms with Crippen molar-refractivity contribution in [2.45, 2.75) is 0 Å². The lowest BCUT2D eigenvalue weighted by molar-refractivity contribution is 0.372. The average molecular weight is 322 g/mol. The molecule has 19 heavy (non-hydrogen) atoms. The van der Waals surface area contributed by atoms with E-state index >= 15 is 0 Å². The molecule has 0 aliphatic heterocycles. The standard InChI is InChI=1S/C13H12BrN3O2/c1-19-11-7-9(6-10(14)13(11)18)8-16-17-12-4-2-3-5-15-12/h2-8,18H,1H3,(H,15,17)/b16-8+. The lowest BCUT2D eigenvalue weighted by Crippen LogP contribution is -1.93. The van der Waals surface area contributed by atoms with E-state index in [-0.39, 0.29) is 5.75 Å². The van der Waals surface area contributed by atoms with Crippen LogP contribution < -0.4 is 10.2 Å². The Hall–Kier alpha value is -2.08. The van der Waals surface area contributed by atoms with Gasteiger partial charge in [-0.05, 0) is 45.8 Å². The summed E-state index contributed by atoms with van der Waals surface area (Å²) < 4.78 is 5.60. The van der Waals surface area contributed by atoms with Gasteiger partial charge in [-0.3, -0.25) is 5.43 Å². The number of anilines is 1. The van der Waals surface area contributed by atoms with E-state index in [1.807, 2.05) is 18.2 Å². The zero-order chi connectivity index (χ0) is 13.7. The number of aromatic nitrogens is 1. The third-order valence-electron chi connectivity index (χ3n) is 2.33. The molecule has 0 radical (unpaired) electrons. The Kier molecular flexibility index (Phi) is 4.35. The van der Waals surface area contributed by atoms with Crippen LogP contribution in [0, 0.1) is 0 Å². The molecule has 1 aromatic heterocycles. The molecular formula is C13H12BrN3O2. The van der Waals surface area contributed by atoms with Gasteiger partial charge >= 0.3 is 0 Å². The van der Waals surface area contributed by atoms with Crippen molar-refractivity contribution < 1.29 is 9.84 Å². The number of halogens is 1. The summed E-state index contributed by atoms with van der Waals surface area (Å²) in [5.41, 5.74) is 3.59. The molecule has 0 saturated heterocycles. The second-order valence-corrected chi connectivity index (χ2v) is 4.49. The van der Waals surface area contributed by atoms with Crippen LogP contribution in [0.25, 0.3) is 0 Å². The normalized spacial score (nSPS) is 10.6. The van der Waals surface area contributed by atoms with Crippen molar-refractivity contribution in [2.24, 2.45) is 5.10 Å². The van der Waals surface area contributed by atoms with Gasteiger partial charge in [0, 0.05) is 6.20 Å². The minimum Gasteiger partial charge on any atom is -0.503 e. The Labute approximate surface area is 119 Å². The molecule has 0 unspecified atom stereocenters. The van der Waals surface area contributed by atoms with Crippen LogP contribution in [0.15, 0.2) is 46.1 Å². The summed E-state index contributed by atoms with van der Waals surface area (Å²) in [4.78, 5) is 4.08. The van der Waals surface area contributed by atoms with Crippen molar-refractivity contribution in [2.75, 3.05) is 12.5 Å². The Morgan fingerprint density at radius 2 is 2.26 bits per heavy atom. The maximum atomic E-state index is 9.68. The highest BCUT2D eigenvalue weighted by molar-refractivity contribution is 9.10. The topological polar surface area (TPSA) is 66.7 Å². The summed E-state index contributed by atoms with van der Waals surface area (Å²) in [5.74, 6) is 1.11. The largest absolute Gasteiger partial charge is 0.503 e. The molecule has 0 bridgehead atoms. The number of rotatable bonds is 4. The molecule has 1 heterocycles. The fraction of sp³-hybridized carbons (Fsp3) is 0.0769. The molecule has 5 nitrogen and oxygen atoms in total. The maximum Gasteiger partial charge on any atom is 0.172 e. The molecule has 6 heteroatoms. The van der Waals surface area contributed by atoms with E-state index in [0.717, 1.165) is 5.56 Å². The second kappa shape index (κ2) is 6.19. The number of methoxy groups -OCH3 is 1. The van der Waals surface area contributed by atoms with Crippen molar-refractivity contribution in [1.82, 2.24) is 4.98 Å². The predicted octanol–water partition coefficient (Wildman–Crippen LogP) is 3.00. The molecule has 1 aromatic carbocycles. The van der Waals surface area contributed by atoms with Gasteiger partial charge in [0.1, 0.15) is 5.82 Å².